The van der Waals surface area contributed by atoms with Gasteiger partial charge in [0.25, 0.3) is 0 Å². The molecule has 1 atom stereocenters. The summed E-state index contributed by atoms with van der Waals surface area (Å²) in [6.45, 7) is 1.71. The first kappa shape index (κ1) is 11.5. The highest BCUT2D eigenvalue weighted by atomic mass is 16.5. The Morgan fingerprint density at radius 2 is 2.14 bits per heavy atom. The van der Waals surface area contributed by atoms with E-state index < -0.39 is 12.0 Å². The summed E-state index contributed by atoms with van der Waals surface area (Å²) >= 11 is 0. The molecule has 1 unspecified atom stereocenters. The summed E-state index contributed by atoms with van der Waals surface area (Å²) in [6.07, 6.45) is 4.82. The first-order chi connectivity index (χ1) is 6.70. The molecule has 0 spiro atoms. The minimum atomic E-state index is -0.892. The van der Waals surface area contributed by atoms with E-state index in [1.807, 2.05) is 0 Å². The Hall–Kier alpha value is -0.610. The molecule has 0 aromatic carbocycles. The van der Waals surface area contributed by atoms with Crippen LogP contribution in [0.5, 0.6) is 0 Å². The predicted molar refractivity (Wildman–Crippen MR) is 53.0 cm³/mol. The van der Waals surface area contributed by atoms with Crippen molar-refractivity contribution in [1.82, 2.24) is 0 Å². The van der Waals surface area contributed by atoms with E-state index in [4.69, 9.17) is 15.6 Å². The van der Waals surface area contributed by atoms with Crippen LogP contribution in [-0.2, 0) is 9.53 Å². The van der Waals surface area contributed by atoms with Crippen molar-refractivity contribution in [2.45, 2.75) is 38.1 Å². The van der Waals surface area contributed by atoms with Crippen LogP contribution in [0.4, 0.5) is 0 Å². The normalized spacial score (nSPS) is 20.6. The van der Waals surface area contributed by atoms with E-state index in [0.717, 1.165) is 38.9 Å². The molecule has 0 amide bonds. The quantitative estimate of drug-likeness (QED) is 0.696. The third-order valence-electron chi connectivity index (χ3n) is 2.79. The van der Waals surface area contributed by atoms with Crippen LogP contribution in [0.15, 0.2) is 0 Å². The number of hydrogen-bond donors (Lipinski definition) is 2. The topological polar surface area (TPSA) is 72.5 Å². The van der Waals surface area contributed by atoms with Crippen LogP contribution < -0.4 is 5.73 Å². The Morgan fingerprint density at radius 1 is 1.50 bits per heavy atom. The molecule has 1 rings (SSSR count). The maximum Gasteiger partial charge on any atom is 0.320 e. The summed E-state index contributed by atoms with van der Waals surface area (Å²) in [5.41, 5.74) is 5.41. The summed E-state index contributed by atoms with van der Waals surface area (Å²) in [6, 6.07) is -0.685. The zero-order chi connectivity index (χ0) is 10.4. The second kappa shape index (κ2) is 5.98. The van der Waals surface area contributed by atoms with Crippen LogP contribution in [0.2, 0.25) is 0 Å². The van der Waals surface area contributed by atoms with Gasteiger partial charge in [0.1, 0.15) is 6.04 Å². The van der Waals surface area contributed by atoms with Crippen LogP contribution >= 0.6 is 0 Å². The molecule has 82 valence electrons. The number of carbonyl (C=O) groups is 1. The van der Waals surface area contributed by atoms with E-state index >= 15 is 0 Å². The lowest BCUT2D eigenvalue weighted by Gasteiger charge is -2.21. The first-order valence-electron chi connectivity index (χ1n) is 5.26. The number of carboxylic acid groups (broad SMARTS) is 1. The van der Waals surface area contributed by atoms with Crippen LogP contribution in [0.1, 0.15) is 32.1 Å². The summed E-state index contributed by atoms with van der Waals surface area (Å²) in [4.78, 5) is 10.4. The van der Waals surface area contributed by atoms with Gasteiger partial charge in [-0.2, -0.15) is 0 Å². The second-order valence-electron chi connectivity index (χ2n) is 3.93. The summed E-state index contributed by atoms with van der Waals surface area (Å²) in [5, 5.41) is 8.57. The maximum atomic E-state index is 10.4. The third kappa shape index (κ3) is 4.07. The molecule has 3 N–H and O–H groups in total. The van der Waals surface area contributed by atoms with Crippen molar-refractivity contribution in [3.8, 4) is 0 Å². The molecule has 0 saturated carbocycles. The lowest BCUT2D eigenvalue weighted by atomic mass is 9.93. The molecule has 0 radical (unpaired) electrons. The van der Waals surface area contributed by atoms with Crippen LogP contribution in [-0.4, -0.2) is 30.3 Å². The van der Waals surface area contributed by atoms with E-state index in [-0.39, 0.29) is 0 Å². The molecule has 1 aliphatic rings. The van der Waals surface area contributed by atoms with Gasteiger partial charge in [0.15, 0.2) is 0 Å². The smallest absolute Gasteiger partial charge is 0.320 e. The number of carboxylic acids is 1. The third-order valence-corrected chi connectivity index (χ3v) is 2.79. The van der Waals surface area contributed by atoms with Gasteiger partial charge in [-0.25, -0.2) is 0 Å². The number of nitrogens with two attached hydrogens (primary N) is 1. The molecule has 4 nitrogen and oxygen atoms in total. The molecular formula is C10H19NO3. The minimum absolute atomic E-state index is 0.590. The zero-order valence-electron chi connectivity index (χ0n) is 8.45. The fourth-order valence-corrected chi connectivity index (χ4v) is 1.78. The molecule has 0 bridgehead atoms. The van der Waals surface area contributed by atoms with E-state index in [2.05, 4.69) is 0 Å². The molecule has 1 fully saturated rings. The lowest BCUT2D eigenvalue weighted by molar-refractivity contribution is -0.138. The standard InChI is InChI=1S/C10H19NO3/c11-9(10(12)13)3-1-2-8-4-6-14-7-5-8/h8-9H,1-7,11H2,(H,12,13). The van der Waals surface area contributed by atoms with Gasteiger partial charge < -0.3 is 15.6 Å². The highest BCUT2D eigenvalue weighted by molar-refractivity contribution is 5.72. The Bertz CT molecular complexity index is 178. The second-order valence-corrected chi connectivity index (χ2v) is 3.93. The first-order valence-corrected chi connectivity index (χ1v) is 5.26. The Labute approximate surface area is 84.4 Å². The van der Waals surface area contributed by atoms with Crippen molar-refractivity contribution in [2.75, 3.05) is 13.2 Å². The van der Waals surface area contributed by atoms with E-state index in [9.17, 15) is 4.79 Å². The van der Waals surface area contributed by atoms with Crippen LogP contribution in [0.25, 0.3) is 0 Å². The summed E-state index contributed by atoms with van der Waals surface area (Å²) in [5.74, 6) is -0.179. The van der Waals surface area contributed by atoms with Gasteiger partial charge in [-0.05, 0) is 25.2 Å². The molecule has 4 heteroatoms. The van der Waals surface area contributed by atoms with Gasteiger partial charge >= 0.3 is 5.97 Å². The maximum absolute atomic E-state index is 10.4. The van der Waals surface area contributed by atoms with Gasteiger partial charge in [0, 0.05) is 13.2 Å². The molecular weight excluding hydrogens is 182 g/mol. The molecule has 1 heterocycles. The lowest BCUT2D eigenvalue weighted by Crippen LogP contribution is -2.30. The van der Waals surface area contributed by atoms with Crippen LogP contribution in [0, 0.1) is 5.92 Å². The van der Waals surface area contributed by atoms with Crippen molar-refractivity contribution in [3.05, 3.63) is 0 Å². The fraction of sp³-hybridized carbons (Fsp3) is 0.900. The Kier molecular flexibility index (Phi) is 4.90. The number of hydrogen-bond acceptors (Lipinski definition) is 3. The fourth-order valence-electron chi connectivity index (χ4n) is 1.78. The van der Waals surface area contributed by atoms with Crippen molar-refractivity contribution >= 4 is 5.97 Å². The highest BCUT2D eigenvalue weighted by Gasteiger charge is 2.15. The van der Waals surface area contributed by atoms with E-state index in [0.29, 0.717) is 12.3 Å². The van der Waals surface area contributed by atoms with Crippen LogP contribution in [0.3, 0.4) is 0 Å². The van der Waals surface area contributed by atoms with Gasteiger partial charge in [0.05, 0.1) is 0 Å². The van der Waals surface area contributed by atoms with E-state index in [1.165, 1.54) is 0 Å². The van der Waals surface area contributed by atoms with Gasteiger partial charge in [-0.3, -0.25) is 4.79 Å². The molecule has 0 aromatic rings. The van der Waals surface area contributed by atoms with Gasteiger partial charge in [-0.15, -0.1) is 0 Å². The summed E-state index contributed by atoms with van der Waals surface area (Å²) < 4.78 is 5.25. The van der Waals surface area contributed by atoms with Crippen molar-refractivity contribution in [1.29, 1.82) is 0 Å². The largest absolute Gasteiger partial charge is 0.480 e. The van der Waals surface area contributed by atoms with E-state index in [1.54, 1.807) is 0 Å². The SMILES string of the molecule is NC(CCCC1CCOCC1)C(=O)O. The number of rotatable bonds is 5. The number of ether oxygens (including phenoxy) is 1. The van der Waals surface area contributed by atoms with Gasteiger partial charge in [0.2, 0.25) is 0 Å². The molecule has 14 heavy (non-hydrogen) atoms. The Balaban J connectivity index is 2.05. The summed E-state index contributed by atoms with van der Waals surface area (Å²) in [7, 11) is 0. The average Bonchev–Trinajstić information content (AvgIpc) is 2.19. The number of aliphatic carboxylic acids is 1. The molecule has 0 aromatic heterocycles. The molecule has 0 aliphatic carbocycles. The van der Waals surface area contributed by atoms with Crippen molar-refractivity contribution in [3.63, 3.8) is 0 Å². The highest BCUT2D eigenvalue weighted by Crippen LogP contribution is 2.20. The minimum Gasteiger partial charge on any atom is -0.480 e. The average molecular weight is 201 g/mol. The Morgan fingerprint density at radius 3 is 2.71 bits per heavy atom. The predicted octanol–water partition coefficient (Wildman–Crippen LogP) is 0.995. The zero-order valence-corrected chi connectivity index (χ0v) is 8.45. The monoisotopic (exact) mass is 201 g/mol. The van der Waals surface area contributed by atoms with Crippen molar-refractivity contribution in [2.24, 2.45) is 11.7 Å². The molecule has 1 saturated heterocycles. The van der Waals surface area contributed by atoms with Gasteiger partial charge in [-0.1, -0.05) is 12.8 Å². The van der Waals surface area contributed by atoms with Crippen molar-refractivity contribution < 1.29 is 14.6 Å². The molecule has 1 aliphatic heterocycles.